The van der Waals surface area contributed by atoms with E-state index < -0.39 is 5.97 Å². The van der Waals surface area contributed by atoms with Crippen molar-refractivity contribution in [2.24, 2.45) is 0 Å². The SMILES string of the molecule is CCN1CC(C)(C)Nc2cc(C(=O)O)ccc21. The third-order valence-corrected chi connectivity index (χ3v) is 3.03. The first-order chi connectivity index (χ1) is 7.93. The Kier molecular flexibility index (Phi) is 2.73. The molecule has 0 aromatic heterocycles. The Labute approximate surface area is 101 Å². The quantitative estimate of drug-likeness (QED) is 0.825. The molecular weight excluding hydrogens is 216 g/mol. The van der Waals surface area contributed by atoms with Crippen molar-refractivity contribution < 1.29 is 9.90 Å². The summed E-state index contributed by atoms with van der Waals surface area (Å²) in [5.41, 5.74) is 2.27. The fourth-order valence-electron chi connectivity index (χ4n) is 2.29. The van der Waals surface area contributed by atoms with Crippen molar-refractivity contribution in [2.75, 3.05) is 23.3 Å². The molecule has 0 aliphatic carbocycles. The minimum atomic E-state index is -0.888. The van der Waals surface area contributed by atoms with E-state index in [-0.39, 0.29) is 5.54 Å². The maximum atomic E-state index is 11.0. The highest BCUT2D eigenvalue weighted by molar-refractivity contribution is 5.91. The number of anilines is 2. The van der Waals surface area contributed by atoms with Gasteiger partial charge in [0.1, 0.15) is 0 Å². The van der Waals surface area contributed by atoms with Crippen LogP contribution in [-0.4, -0.2) is 29.7 Å². The molecule has 1 aromatic rings. The summed E-state index contributed by atoms with van der Waals surface area (Å²) >= 11 is 0. The number of carbonyl (C=O) groups is 1. The van der Waals surface area contributed by atoms with Gasteiger partial charge in [0.15, 0.2) is 0 Å². The fourth-order valence-corrected chi connectivity index (χ4v) is 2.29. The first kappa shape index (κ1) is 11.8. The lowest BCUT2D eigenvalue weighted by Gasteiger charge is -2.41. The second-order valence-electron chi connectivity index (χ2n) is 5.06. The molecule has 0 atom stereocenters. The van der Waals surface area contributed by atoms with E-state index in [0.717, 1.165) is 24.5 Å². The van der Waals surface area contributed by atoms with E-state index in [1.54, 1.807) is 12.1 Å². The van der Waals surface area contributed by atoms with Crippen LogP contribution in [0.3, 0.4) is 0 Å². The summed E-state index contributed by atoms with van der Waals surface area (Å²) in [7, 11) is 0. The molecule has 2 N–H and O–H groups in total. The number of rotatable bonds is 2. The van der Waals surface area contributed by atoms with Gasteiger partial charge >= 0.3 is 5.97 Å². The maximum Gasteiger partial charge on any atom is 0.335 e. The van der Waals surface area contributed by atoms with Crippen LogP contribution in [0.4, 0.5) is 11.4 Å². The summed E-state index contributed by atoms with van der Waals surface area (Å²) in [6, 6.07) is 5.25. The zero-order valence-corrected chi connectivity index (χ0v) is 10.4. The molecule has 0 saturated carbocycles. The van der Waals surface area contributed by atoms with Crippen molar-refractivity contribution in [1.82, 2.24) is 0 Å². The standard InChI is InChI=1S/C13H18N2O2/c1-4-15-8-13(2,3)14-10-7-9(12(16)17)5-6-11(10)15/h5-7,14H,4,8H2,1-3H3,(H,16,17). The summed E-state index contributed by atoms with van der Waals surface area (Å²) in [6.07, 6.45) is 0. The van der Waals surface area contributed by atoms with Crippen LogP contribution in [0.15, 0.2) is 18.2 Å². The minimum Gasteiger partial charge on any atom is -0.478 e. The summed E-state index contributed by atoms with van der Waals surface area (Å²) in [4.78, 5) is 13.2. The zero-order valence-electron chi connectivity index (χ0n) is 10.4. The molecule has 4 nitrogen and oxygen atoms in total. The van der Waals surface area contributed by atoms with Crippen LogP contribution in [-0.2, 0) is 0 Å². The number of hydrogen-bond acceptors (Lipinski definition) is 3. The van der Waals surface area contributed by atoms with Crippen LogP contribution < -0.4 is 10.2 Å². The molecule has 4 heteroatoms. The van der Waals surface area contributed by atoms with Gasteiger partial charge in [-0.1, -0.05) is 0 Å². The van der Waals surface area contributed by atoms with Gasteiger partial charge in [-0.05, 0) is 39.0 Å². The van der Waals surface area contributed by atoms with Gasteiger partial charge in [-0.15, -0.1) is 0 Å². The van der Waals surface area contributed by atoms with Crippen LogP contribution in [0.25, 0.3) is 0 Å². The summed E-state index contributed by atoms with van der Waals surface area (Å²) < 4.78 is 0. The van der Waals surface area contributed by atoms with E-state index in [4.69, 9.17) is 5.11 Å². The Morgan fingerprint density at radius 3 is 2.82 bits per heavy atom. The number of aromatic carboxylic acids is 1. The number of carboxylic acids is 1. The Balaban J connectivity index is 2.46. The van der Waals surface area contributed by atoms with Crippen molar-refractivity contribution in [2.45, 2.75) is 26.3 Å². The summed E-state index contributed by atoms with van der Waals surface area (Å²) in [6.45, 7) is 8.18. The van der Waals surface area contributed by atoms with Gasteiger partial charge in [-0.2, -0.15) is 0 Å². The van der Waals surface area contributed by atoms with Crippen LogP contribution >= 0.6 is 0 Å². The molecule has 0 unspecified atom stereocenters. The van der Waals surface area contributed by atoms with E-state index in [1.165, 1.54) is 0 Å². The molecule has 0 fully saturated rings. The normalized spacial score (nSPS) is 17.2. The first-order valence-corrected chi connectivity index (χ1v) is 5.83. The predicted molar refractivity (Wildman–Crippen MR) is 69.0 cm³/mol. The number of benzene rings is 1. The maximum absolute atomic E-state index is 11.0. The van der Waals surface area contributed by atoms with E-state index in [2.05, 4.69) is 31.0 Å². The third kappa shape index (κ3) is 2.20. The topological polar surface area (TPSA) is 52.6 Å². The molecule has 1 aliphatic rings. The number of carboxylic acid groups (broad SMARTS) is 1. The molecule has 0 amide bonds. The molecule has 0 spiro atoms. The zero-order chi connectivity index (χ0) is 12.6. The number of likely N-dealkylation sites (N-methyl/N-ethyl adjacent to an activating group) is 1. The fraction of sp³-hybridized carbons (Fsp3) is 0.462. The van der Waals surface area contributed by atoms with Crippen molar-refractivity contribution in [3.8, 4) is 0 Å². The summed E-state index contributed by atoms with van der Waals surface area (Å²) in [5.74, 6) is -0.888. The average molecular weight is 234 g/mol. The number of nitrogens with one attached hydrogen (secondary N) is 1. The molecule has 0 bridgehead atoms. The van der Waals surface area contributed by atoms with Crippen LogP contribution in [0.1, 0.15) is 31.1 Å². The van der Waals surface area contributed by atoms with Crippen molar-refractivity contribution in [1.29, 1.82) is 0 Å². The van der Waals surface area contributed by atoms with Crippen molar-refractivity contribution in [3.05, 3.63) is 23.8 Å². The second-order valence-corrected chi connectivity index (χ2v) is 5.06. The lowest BCUT2D eigenvalue weighted by atomic mass is 9.98. The lowest BCUT2D eigenvalue weighted by Crippen LogP contribution is -2.48. The first-order valence-electron chi connectivity index (χ1n) is 5.83. The number of hydrogen-bond donors (Lipinski definition) is 2. The Morgan fingerprint density at radius 2 is 2.24 bits per heavy atom. The van der Waals surface area contributed by atoms with Gasteiger partial charge < -0.3 is 15.3 Å². The van der Waals surface area contributed by atoms with Crippen LogP contribution in [0.2, 0.25) is 0 Å². The van der Waals surface area contributed by atoms with Gasteiger partial charge in [-0.3, -0.25) is 0 Å². The van der Waals surface area contributed by atoms with E-state index in [9.17, 15) is 4.79 Å². The van der Waals surface area contributed by atoms with E-state index in [0.29, 0.717) is 5.56 Å². The Hall–Kier alpha value is -1.71. The second kappa shape index (κ2) is 3.95. The highest BCUT2D eigenvalue weighted by atomic mass is 16.4. The van der Waals surface area contributed by atoms with Crippen molar-refractivity contribution >= 4 is 17.3 Å². The van der Waals surface area contributed by atoms with E-state index in [1.807, 2.05) is 6.07 Å². The monoisotopic (exact) mass is 234 g/mol. The molecule has 1 heterocycles. The molecule has 1 aromatic carbocycles. The minimum absolute atomic E-state index is 0.0415. The van der Waals surface area contributed by atoms with E-state index >= 15 is 0 Å². The largest absolute Gasteiger partial charge is 0.478 e. The van der Waals surface area contributed by atoms with Gasteiger partial charge in [0, 0.05) is 18.6 Å². The van der Waals surface area contributed by atoms with Gasteiger partial charge in [0.25, 0.3) is 0 Å². The predicted octanol–water partition coefficient (Wildman–Crippen LogP) is 2.42. The van der Waals surface area contributed by atoms with Gasteiger partial charge in [-0.25, -0.2) is 4.79 Å². The highest BCUT2D eigenvalue weighted by Crippen LogP contribution is 2.34. The Morgan fingerprint density at radius 1 is 1.53 bits per heavy atom. The molecule has 2 rings (SSSR count). The highest BCUT2D eigenvalue weighted by Gasteiger charge is 2.28. The smallest absolute Gasteiger partial charge is 0.335 e. The molecule has 1 aliphatic heterocycles. The van der Waals surface area contributed by atoms with Gasteiger partial charge in [0.05, 0.1) is 16.9 Å². The molecular formula is C13H18N2O2. The third-order valence-electron chi connectivity index (χ3n) is 3.03. The number of fused-ring (bicyclic) bond motifs is 1. The summed E-state index contributed by atoms with van der Waals surface area (Å²) in [5, 5.41) is 12.4. The molecule has 92 valence electrons. The Bertz CT molecular complexity index is 455. The van der Waals surface area contributed by atoms with Crippen molar-refractivity contribution in [3.63, 3.8) is 0 Å². The lowest BCUT2D eigenvalue weighted by molar-refractivity contribution is 0.0697. The van der Waals surface area contributed by atoms with Gasteiger partial charge in [0.2, 0.25) is 0 Å². The number of nitrogens with zero attached hydrogens (tertiary/aromatic N) is 1. The van der Waals surface area contributed by atoms with Crippen LogP contribution in [0.5, 0.6) is 0 Å². The molecule has 0 radical (unpaired) electrons. The van der Waals surface area contributed by atoms with Crippen LogP contribution in [0, 0.1) is 0 Å². The molecule has 0 saturated heterocycles. The molecule has 17 heavy (non-hydrogen) atoms. The average Bonchev–Trinajstić information content (AvgIpc) is 2.25.